The lowest BCUT2D eigenvalue weighted by Gasteiger charge is -2.49. The number of hydrogen-bond acceptors (Lipinski definition) is 2. The number of thiophene rings is 1. The topological polar surface area (TPSA) is 3.24 Å². The summed E-state index contributed by atoms with van der Waals surface area (Å²) in [4.78, 5) is 2.53. The Labute approximate surface area is 394 Å². The van der Waals surface area contributed by atoms with Crippen LogP contribution in [0.5, 0.6) is 0 Å². The van der Waals surface area contributed by atoms with Crippen LogP contribution in [-0.2, 0) is 16.2 Å². The number of fused-ring (bicyclic) bond motifs is 22. The first-order valence-electron chi connectivity index (χ1n) is 23.6. The van der Waals surface area contributed by atoms with Crippen LogP contribution >= 0.6 is 11.3 Å². The first kappa shape index (κ1) is 37.4. The molecule has 0 amide bonds. The summed E-state index contributed by atoms with van der Waals surface area (Å²) in [5.74, 6) is 0. The monoisotopic (exact) mass is 869 g/mol. The maximum atomic E-state index is 2.56. The number of nitrogens with zero attached hydrogens (tertiary/aromatic N) is 1. The van der Waals surface area contributed by atoms with Crippen molar-refractivity contribution in [2.45, 2.75) is 30.1 Å². The van der Waals surface area contributed by atoms with Gasteiger partial charge in [0.2, 0.25) is 0 Å². The second-order valence-electron chi connectivity index (χ2n) is 19.5. The molecule has 0 atom stereocenters. The fourth-order valence-electron chi connectivity index (χ4n) is 13.5. The van der Waals surface area contributed by atoms with Gasteiger partial charge in [0, 0.05) is 42.6 Å². The largest absolute Gasteiger partial charge is 0.310 e. The first-order chi connectivity index (χ1) is 33.0. The molecule has 0 radical (unpaired) electrons. The van der Waals surface area contributed by atoms with Gasteiger partial charge in [-0.1, -0.05) is 196 Å². The van der Waals surface area contributed by atoms with Crippen molar-refractivity contribution in [1.82, 2.24) is 0 Å². The summed E-state index contributed by atoms with van der Waals surface area (Å²) in [6.07, 6.45) is 0. The van der Waals surface area contributed by atoms with Crippen molar-refractivity contribution in [3.05, 3.63) is 280 Å². The van der Waals surface area contributed by atoms with Crippen LogP contribution in [-0.4, -0.2) is 0 Å². The maximum Gasteiger partial charge on any atom is 0.0720 e. The summed E-state index contributed by atoms with van der Waals surface area (Å²) >= 11 is 1.88. The van der Waals surface area contributed by atoms with Gasteiger partial charge in [-0.05, 0) is 131 Å². The Hall–Kier alpha value is -7.78. The fraction of sp³-hybridized carbons (Fsp3) is 0.0769. The molecule has 4 aliphatic rings. The molecule has 11 aromatic rings. The van der Waals surface area contributed by atoms with E-state index >= 15 is 0 Å². The molecule has 67 heavy (non-hydrogen) atoms. The van der Waals surface area contributed by atoms with Gasteiger partial charge in [0.05, 0.1) is 10.8 Å². The van der Waals surface area contributed by atoms with Crippen molar-refractivity contribution in [1.29, 1.82) is 0 Å². The lowest BCUT2D eigenvalue weighted by atomic mass is 9.52. The van der Waals surface area contributed by atoms with Gasteiger partial charge in [-0.3, -0.25) is 0 Å². The minimum atomic E-state index is -0.588. The van der Waals surface area contributed by atoms with Crippen LogP contribution in [0.2, 0.25) is 0 Å². The minimum Gasteiger partial charge on any atom is -0.310 e. The SMILES string of the molecule is CC1(C)c2ccccc2-c2ccc(N(c3ccc4c(c3)C3(c5ccccc5-4)c4ccccc4C4(c5ccccc5-c5ccccc54)c4ccccc43)c3ccc4c(c3)sc3ccccc34)cc21. The van der Waals surface area contributed by atoms with E-state index in [4.69, 9.17) is 0 Å². The number of benzene rings is 10. The molecule has 0 aliphatic heterocycles. The smallest absolute Gasteiger partial charge is 0.0720 e. The van der Waals surface area contributed by atoms with Crippen molar-refractivity contribution in [3.8, 4) is 33.4 Å². The molecule has 10 aromatic carbocycles. The number of hydrogen-bond donors (Lipinski definition) is 0. The highest BCUT2D eigenvalue weighted by molar-refractivity contribution is 7.25. The summed E-state index contributed by atoms with van der Waals surface area (Å²) in [6, 6.07) is 85.8. The summed E-state index contributed by atoms with van der Waals surface area (Å²) in [5, 5.41) is 2.62. The standard InChI is InChI=1S/C65H43NS/c1-63(2)51-22-8-3-17-43(51)47-34-31-40(37-59(47)63)66(42-33-36-50-49-21-7-16-30-61(49)67-62(50)39-42)41-32-35-48-46-20-6-11-25-54(46)65(60(48)38-41)57-28-14-12-26-55(57)64(56-27-13-15-29-58(56)65)52-23-9-4-18-44(52)45-19-5-10-24-53(45)64/h3-39H,1-2H3. The fourth-order valence-corrected chi connectivity index (χ4v) is 14.6. The van der Waals surface area contributed by atoms with Crippen LogP contribution in [0, 0.1) is 0 Å². The normalized spacial score (nSPS) is 15.4. The molecular weight excluding hydrogens is 827 g/mol. The molecule has 0 N–H and O–H groups in total. The van der Waals surface area contributed by atoms with Crippen LogP contribution in [0.15, 0.2) is 224 Å². The number of anilines is 3. The Bertz CT molecular complexity index is 3840. The molecule has 0 bridgehead atoms. The molecular formula is C65H43NS. The Morgan fingerprint density at radius 1 is 0.284 bits per heavy atom. The minimum absolute atomic E-state index is 0.143. The molecule has 0 saturated heterocycles. The van der Waals surface area contributed by atoms with E-state index in [1.54, 1.807) is 0 Å². The van der Waals surface area contributed by atoms with Crippen molar-refractivity contribution in [3.63, 3.8) is 0 Å². The Kier molecular flexibility index (Phi) is 7.37. The molecule has 1 nitrogen and oxygen atoms in total. The molecule has 0 fully saturated rings. The van der Waals surface area contributed by atoms with E-state index in [0.29, 0.717) is 0 Å². The lowest BCUT2D eigenvalue weighted by molar-refractivity contribution is 0.633. The third kappa shape index (κ3) is 4.59. The summed E-state index contributed by atoms with van der Waals surface area (Å²) < 4.78 is 2.61. The number of rotatable bonds is 3. The van der Waals surface area contributed by atoms with Crippen molar-refractivity contribution in [2.24, 2.45) is 0 Å². The second kappa shape index (κ2) is 13.2. The molecule has 0 saturated carbocycles. The van der Waals surface area contributed by atoms with Gasteiger partial charge in [-0.2, -0.15) is 0 Å². The molecule has 1 heterocycles. The predicted octanol–water partition coefficient (Wildman–Crippen LogP) is 16.9. The van der Waals surface area contributed by atoms with Crippen molar-refractivity contribution in [2.75, 3.05) is 4.90 Å². The van der Waals surface area contributed by atoms with Gasteiger partial charge in [0.25, 0.3) is 0 Å². The van der Waals surface area contributed by atoms with E-state index in [0.717, 1.165) is 17.1 Å². The highest BCUT2D eigenvalue weighted by Gasteiger charge is 2.59. The summed E-state index contributed by atoms with van der Waals surface area (Å²) in [6.45, 7) is 4.77. The van der Waals surface area contributed by atoms with Gasteiger partial charge in [-0.15, -0.1) is 11.3 Å². The van der Waals surface area contributed by atoms with Gasteiger partial charge < -0.3 is 4.90 Å². The van der Waals surface area contributed by atoms with Gasteiger partial charge in [0.1, 0.15) is 0 Å². The quantitative estimate of drug-likeness (QED) is 0.171. The zero-order valence-corrected chi connectivity index (χ0v) is 38.0. The van der Waals surface area contributed by atoms with Crippen LogP contribution in [0.4, 0.5) is 17.1 Å². The van der Waals surface area contributed by atoms with E-state index in [-0.39, 0.29) is 5.41 Å². The van der Waals surface area contributed by atoms with Crippen LogP contribution in [0.3, 0.4) is 0 Å². The van der Waals surface area contributed by atoms with Gasteiger partial charge in [-0.25, -0.2) is 0 Å². The highest BCUT2D eigenvalue weighted by atomic mass is 32.1. The predicted molar refractivity (Wildman–Crippen MR) is 280 cm³/mol. The van der Waals surface area contributed by atoms with E-state index < -0.39 is 10.8 Å². The van der Waals surface area contributed by atoms with Crippen LogP contribution in [0.25, 0.3) is 53.6 Å². The summed E-state index contributed by atoms with van der Waals surface area (Å²) in [5.41, 5.74) is 23.7. The Balaban J connectivity index is 1.02. The average molecular weight is 870 g/mol. The van der Waals surface area contributed by atoms with Gasteiger partial charge >= 0.3 is 0 Å². The van der Waals surface area contributed by atoms with E-state index in [1.807, 2.05) is 11.3 Å². The van der Waals surface area contributed by atoms with E-state index in [1.165, 1.54) is 109 Å². The molecule has 0 unspecified atom stereocenters. The first-order valence-corrected chi connectivity index (χ1v) is 24.4. The van der Waals surface area contributed by atoms with Crippen molar-refractivity contribution >= 4 is 48.6 Å². The average Bonchev–Trinajstić information content (AvgIpc) is 4.06. The zero-order valence-electron chi connectivity index (χ0n) is 37.2. The third-order valence-electron chi connectivity index (χ3n) is 16.2. The molecule has 2 spiro atoms. The van der Waals surface area contributed by atoms with Gasteiger partial charge in [0.15, 0.2) is 0 Å². The molecule has 314 valence electrons. The molecule has 15 rings (SSSR count). The van der Waals surface area contributed by atoms with E-state index in [9.17, 15) is 0 Å². The second-order valence-corrected chi connectivity index (χ2v) is 20.6. The van der Waals surface area contributed by atoms with Crippen LogP contribution < -0.4 is 4.90 Å². The molecule has 1 aromatic heterocycles. The zero-order chi connectivity index (χ0) is 44.2. The molecule has 4 aliphatic carbocycles. The lowest BCUT2D eigenvalue weighted by Crippen LogP contribution is -2.43. The van der Waals surface area contributed by atoms with Crippen molar-refractivity contribution < 1.29 is 0 Å². The van der Waals surface area contributed by atoms with E-state index in [2.05, 4.69) is 243 Å². The maximum absolute atomic E-state index is 2.56. The molecule has 2 heteroatoms. The Morgan fingerprint density at radius 2 is 0.642 bits per heavy atom. The Morgan fingerprint density at radius 3 is 1.19 bits per heavy atom. The van der Waals surface area contributed by atoms with Crippen LogP contribution in [0.1, 0.15) is 69.5 Å². The summed E-state index contributed by atoms with van der Waals surface area (Å²) in [7, 11) is 0. The third-order valence-corrected chi connectivity index (χ3v) is 17.3. The highest BCUT2D eigenvalue weighted by Crippen LogP contribution is 2.68.